The minimum absolute atomic E-state index is 1.24. The molecule has 0 aromatic rings. The molecule has 0 bridgehead atoms. The number of hydrogen-bond donors (Lipinski definition) is 1. The fraction of sp³-hybridized carbons (Fsp3) is 0.667. The highest BCUT2D eigenvalue weighted by atomic mass is 32.2. The largest absolute Gasteiger partial charge is 0.741 e. The molecule has 8 heteroatoms. The number of quaternary nitrogens is 1. The Labute approximate surface area is 117 Å². The highest BCUT2D eigenvalue weighted by molar-refractivity contribution is 7.86. The van der Waals surface area contributed by atoms with Gasteiger partial charge in [0.2, 0.25) is 0 Å². The van der Waals surface area contributed by atoms with Crippen molar-refractivity contribution in [1.82, 2.24) is 0 Å². The normalized spacial score (nSPS) is 18.5. The SMILES string of the molecule is CCCCC1=C[NH+](CCC)C=C1.O=S(=O)([O-])C(F)(F)F. The summed E-state index contributed by atoms with van der Waals surface area (Å²) in [6.07, 6.45) is 12.1. The summed E-state index contributed by atoms with van der Waals surface area (Å²) in [4.78, 5) is 1.52. The van der Waals surface area contributed by atoms with Gasteiger partial charge in [-0.2, -0.15) is 13.2 Å². The first-order chi connectivity index (χ1) is 9.11. The van der Waals surface area contributed by atoms with E-state index in [-0.39, 0.29) is 0 Å². The zero-order valence-electron chi connectivity index (χ0n) is 11.5. The van der Waals surface area contributed by atoms with Gasteiger partial charge in [0.15, 0.2) is 10.1 Å². The molecule has 4 nitrogen and oxygen atoms in total. The van der Waals surface area contributed by atoms with Crippen LogP contribution in [0.4, 0.5) is 13.2 Å². The molecular weight excluding hydrogens is 295 g/mol. The van der Waals surface area contributed by atoms with Crippen molar-refractivity contribution in [3.63, 3.8) is 0 Å². The second-order valence-corrected chi connectivity index (χ2v) is 5.75. The summed E-state index contributed by atoms with van der Waals surface area (Å²) in [5.74, 6) is 0. The van der Waals surface area contributed by atoms with E-state index in [0.717, 1.165) is 0 Å². The summed E-state index contributed by atoms with van der Waals surface area (Å²) in [6, 6.07) is 0. The van der Waals surface area contributed by atoms with Crippen molar-refractivity contribution in [2.75, 3.05) is 6.54 Å². The Morgan fingerprint density at radius 1 is 1.25 bits per heavy atom. The first-order valence-corrected chi connectivity index (χ1v) is 7.79. The van der Waals surface area contributed by atoms with E-state index in [2.05, 4.69) is 32.3 Å². The fourth-order valence-electron chi connectivity index (χ4n) is 1.53. The van der Waals surface area contributed by atoms with Crippen LogP contribution in [0, 0.1) is 0 Å². The lowest BCUT2D eigenvalue weighted by Crippen LogP contribution is -3.01. The molecular formula is C12H20F3NO3S. The minimum Gasteiger partial charge on any atom is -0.741 e. The quantitative estimate of drug-likeness (QED) is 0.623. The Bertz CT molecular complexity index is 441. The van der Waals surface area contributed by atoms with Crippen molar-refractivity contribution < 1.29 is 31.0 Å². The molecule has 1 unspecified atom stereocenters. The van der Waals surface area contributed by atoms with Gasteiger partial charge in [-0.15, -0.1) is 0 Å². The Morgan fingerprint density at radius 3 is 2.20 bits per heavy atom. The number of halogens is 3. The maximum atomic E-state index is 10.7. The molecule has 118 valence electrons. The molecule has 0 saturated carbocycles. The number of allylic oxidation sites excluding steroid dienone is 2. The van der Waals surface area contributed by atoms with Crippen LogP contribution in [-0.4, -0.2) is 25.0 Å². The van der Waals surface area contributed by atoms with Gasteiger partial charge in [-0.25, -0.2) is 8.42 Å². The molecule has 0 aromatic heterocycles. The monoisotopic (exact) mass is 315 g/mol. The highest BCUT2D eigenvalue weighted by Gasteiger charge is 2.36. The predicted molar refractivity (Wildman–Crippen MR) is 68.6 cm³/mol. The van der Waals surface area contributed by atoms with Gasteiger partial charge in [0.05, 0.1) is 12.7 Å². The number of rotatable bonds is 5. The minimum atomic E-state index is -6.09. The van der Waals surface area contributed by atoms with Gasteiger partial charge in [0.25, 0.3) is 0 Å². The maximum Gasteiger partial charge on any atom is 0.485 e. The Balaban J connectivity index is 0.000000396. The van der Waals surface area contributed by atoms with Crippen LogP contribution in [0.25, 0.3) is 0 Å². The maximum absolute atomic E-state index is 10.7. The van der Waals surface area contributed by atoms with E-state index < -0.39 is 15.6 Å². The Hall–Kier alpha value is -0.860. The van der Waals surface area contributed by atoms with E-state index in [1.54, 1.807) is 0 Å². The second-order valence-electron chi connectivity index (χ2n) is 4.38. The summed E-state index contributed by atoms with van der Waals surface area (Å²) in [6.45, 7) is 5.72. The third-order valence-electron chi connectivity index (χ3n) is 2.52. The van der Waals surface area contributed by atoms with Gasteiger partial charge >= 0.3 is 5.51 Å². The van der Waals surface area contributed by atoms with Crippen molar-refractivity contribution in [3.8, 4) is 0 Å². The van der Waals surface area contributed by atoms with E-state index >= 15 is 0 Å². The third kappa shape index (κ3) is 7.66. The lowest BCUT2D eigenvalue weighted by atomic mass is 10.1. The van der Waals surface area contributed by atoms with Crippen LogP contribution in [-0.2, 0) is 10.1 Å². The molecule has 1 N–H and O–H groups in total. The van der Waals surface area contributed by atoms with Gasteiger partial charge < -0.3 is 4.55 Å². The van der Waals surface area contributed by atoms with Crippen LogP contribution in [0.15, 0.2) is 24.0 Å². The summed E-state index contributed by atoms with van der Waals surface area (Å²) in [5.41, 5.74) is -4.12. The molecule has 1 aliphatic heterocycles. The fourth-order valence-corrected chi connectivity index (χ4v) is 1.53. The molecule has 1 aliphatic rings. The number of unbranched alkanes of at least 4 members (excludes halogenated alkanes) is 1. The third-order valence-corrected chi connectivity index (χ3v) is 3.09. The topological polar surface area (TPSA) is 61.6 Å². The first kappa shape index (κ1) is 19.1. The van der Waals surface area contributed by atoms with Gasteiger partial charge in [-0.1, -0.05) is 20.3 Å². The highest BCUT2D eigenvalue weighted by Crippen LogP contribution is 2.20. The van der Waals surface area contributed by atoms with Crippen molar-refractivity contribution in [2.24, 2.45) is 0 Å². The van der Waals surface area contributed by atoms with Crippen molar-refractivity contribution in [3.05, 3.63) is 24.0 Å². The average molecular weight is 315 g/mol. The van der Waals surface area contributed by atoms with E-state index in [4.69, 9.17) is 13.0 Å². The van der Waals surface area contributed by atoms with E-state index in [9.17, 15) is 13.2 Å². The molecule has 0 aliphatic carbocycles. The summed E-state index contributed by atoms with van der Waals surface area (Å²) in [7, 11) is -6.09. The van der Waals surface area contributed by atoms with Crippen LogP contribution >= 0.6 is 0 Å². The lowest BCUT2D eigenvalue weighted by Gasteiger charge is -2.08. The number of hydrogen-bond acceptors (Lipinski definition) is 3. The van der Waals surface area contributed by atoms with Crippen LogP contribution in [0.3, 0.4) is 0 Å². The molecule has 1 heterocycles. The summed E-state index contributed by atoms with van der Waals surface area (Å²) in [5, 5.41) is 0. The Kier molecular flexibility index (Phi) is 8.07. The number of alkyl halides is 3. The smallest absolute Gasteiger partial charge is 0.485 e. The zero-order chi connectivity index (χ0) is 15.8. The lowest BCUT2D eigenvalue weighted by molar-refractivity contribution is -0.787. The second kappa shape index (κ2) is 8.43. The van der Waals surface area contributed by atoms with Gasteiger partial charge in [0, 0.05) is 11.6 Å². The predicted octanol–water partition coefficient (Wildman–Crippen LogP) is 1.93. The van der Waals surface area contributed by atoms with Gasteiger partial charge in [-0.3, -0.25) is 4.90 Å². The van der Waals surface area contributed by atoms with Gasteiger partial charge in [0.1, 0.15) is 6.20 Å². The first-order valence-electron chi connectivity index (χ1n) is 6.38. The molecule has 0 saturated heterocycles. The molecule has 0 aromatic carbocycles. The molecule has 0 spiro atoms. The molecule has 1 atom stereocenters. The van der Waals surface area contributed by atoms with Crippen LogP contribution in [0.5, 0.6) is 0 Å². The van der Waals surface area contributed by atoms with Crippen molar-refractivity contribution in [1.29, 1.82) is 0 Å². The zero-order valence-corrected chi connectivity index (χ0v) is 12.4. The van der Waals surface area contributed by atoms with Crippen molar-refractivity contribution >= 4 is 10.1 Å². The van der Waals surface area contributed by atoms with E-state index in [1.165, 1.54) is 42.7 Å². The molecule has 0 amide bonds. The molecule has 20 heavy (non-hydrogen) atoms. The standard InChI is InChI=1S/C11H19N.CHF3O3S/c1-3-5-6-11-7-9-12(10-11)8-4-2;2-1(3,4)8(5,6)7/h7,9-10H,3-6,8H2,1-2H3;(H,5,6,7). The van der Waals surface area contributed by atoms with E-state index in [0.29, 0.717) is 0 Å². The van der Waals surface area contributed by atoms with E-state index in [1.807, 2.05) is 0 Å². The van der Waals surface area contributed by atoms with Crippen LogP contribution in [0.2, 0.25) is 0 Å². The molecule has 0 fully saturated rings. The van der Waals surface area contributed by atoms with Crippen molar-refractivity contribution in [2.45, 2.75) is 45.0 Å². The van der Waals surface area contributed by atoms with Gasteiger partial charge in [-0.05, 0) is 19.3 Å². The number of nitrogens with one attached hydrogen (secondary N) is 1. The Morgan fingerprint density at radius 2 is 1.80 bits per heavy atom. The summed E-state index contributed by atoms with van der Waals surface area (Å²) < 4.78 is 58.9. The molecule has 0 radical (unpaired) electrons. The average Bonchev–Trinajstić information content (AvgIpc) is 2.73. The summed E-state index contributed by atoms with van der Waals surface area (Å²) >= 11 is 0. The van der Waals surface area contributed by atoms with Crippen LogP contribution < -0.4 is 4.90 Å². The van der Waals surface area contributed by atoms with Crippen LogP contribution in [0.1, 0.15) is 39.5 Å². The molecule has 1 rings (SSSR count).